The van der Waals surface area contributed by atoms with Crippen molar-refractivity contribution in [2.45, 2.75) is 45.7 Å². The minimum Gasteiger partial charge on any atom is -0.381 e. The summed E-state index contributed by atoms with van der Waals surface area (Å²) in [7, 11) is 0. The van der Waals surface area contributed by atoms with Crippen LogP contribution < -0.4 is 15.1 Å². The summed E-state index contributed by atoms with van der Waals surface area (Å²) in [6, 6.07) is 23.0. The number of anilines is 2. The smallest absolute Gasteiger partial charge is 0.251 e. The fourth-order valence-corrected chi connectivity index (χ4v) is 6.18. The first kappa shape index (κ1) is 34.1. The maximum absolute atomic E-state index is 14.6. The third-order valence-electron chi connectivity index (χ3n) is 9.05. The molecule has 11 nitrogen and oxygen atoms in total. The van der Waals surface area contributed by atoms with E-state index in [0.29, 0.717) is 66.4 Å². The minimum atomic E-state index is -1.05. The Bertz CT molecular complexity index is 1940. The van der Waals surface area contributed by atoms with E-state index in [1.165, 1.54) is 0 Å². The molecule has 2 aliphatic rings. The monoisotopic (exact) mass is 665 g/mol. The first-order valence-corrected chi connectivity index (χ1v) is 15.9. The van der Waals surface area contributed by atoms with E-state index in [2.05, 4.69) is 17.5 Å². The van der Waals surface area contributed by atoms with E-state index >= 15 is 0 Å². The van der Waals surface area contributed by atoms with E-state index in [0.717, 1.165) is 10.9 Å². The van der Waals surface area contributed by atoms with Gasteiger partial charge in [-0.3, -0.25) is 14.4 Å². The van der Waals surface area contributed by atoms with Crippen molar-refractivity contribution in [3.05, 3.63) is 83.6 Å². The molecule has 12 heteroatoms. The number of halogens is 1. The fraction of sp³-hybridized carbons (Fsp3) is 0.333. The fourth-order valence-electron chi connectivity index (χ4n) is 6.18. The summed E-state index contributed by atoms with van der Waals surface area (Å²) in [4.78, 5) is 45.1. The van der Waals surface area contributed by atoms with E-state index in [-0.39, 0.29) is 49.1 Å². The predicted molar refractivity (Wildman–Crippen MR) is 183 cm³/mol. The van der Waals surface area contributed by atoms with Crippen LogP contribution in [0.25, 0.3) is 16.6 Å². The zero-order valence-electron chi connectivity index (χ0n) is 26.8. The van der Waals surface area contributed by atoms with Gasteiger partial charge in [-0.25, -0.2) is 4.68 Å². The number of nitrogens with one attached hydrogen (secondary N) is 1. The maximum atomic E-state index is 14.6. The molecule has 0 aliphatic carbocycles. The van der Waals surface area contributed by atoms with Gasteiger partial charge in [0.2, 0.25) is 11.8 Å². The molecule has 2 atom stereocenters. The molecule has 246 valence electrons. The number of nitriles is 2. The highest BCUT2D eigenvalue weighted by Crippen LogP contribution is 2.37. The molecule has 1 saturated heterocycles. The van der Waals surface area contributed by atoms with Crippen LogP contribution in [0.15, 0.2) is 66.7 Å². The van der Waals surface area contributed by atoms with Crippen LogP contribution in [0.1, 0.15) is 49.9 Å². The SMILES string of the molecule is CC[C@@H](C)C(=O)N[C@H]1CN(C(=O)C2CCOCC2)c2cc(C#N)ccc2N(Cc2nn(-c3ccccc3C#N)c3ccccc23)C1=O.Cl. The average Bonchev–Trinajstić information content (AvgIpc) is 3.44. The van der Waals surface area contributed by atoms with Crippen LogP contribution in [-0.4, -0.2) is 53.3 Å². The molecule has 0 bridgehead atoms. The van der Waals surface area contributed by atoms with Crippen LogP contribution in [0.2, 0.25) is 0 Å². The zero-order valence-corrected chi connectivity index (χ0v) is 27.6. The summed E-state index contributed by atoms with van der Waals surface area (Å²) in [6.07, 6.45) is 1.66. The topological polar surface area (TPSA) is 144 Å². The summed E-state index contributed by atoms with van der Waals surface area (Å²) in [5.41, 5.74) is 3.57. The number of ether oxygens (including phenoxy) is 1. The average molecular weight is 666 g/mol. The zero-order chi connectivity index (χ0) is 33.1. The number of benzene rings is 3. The maximum Gasteiger partial charge on any atom is 0.251 e. The molecular weight excluding hydrogens is 630 g/mol. The molecule has 1 fully saturated rings. The Labute approximate surface area is 285 Å². The van der Waals surface area contributed by atoms with Gasteiger partial charge in [-0.1, -0.05) is 44.2 Å². The Morgan fingerprint density at radius 3 is 2.46 bits per heavy atom. The van der Waals surface area contributed by atoms with Crippen molar-refractivity contribution in [2.24, 2.45) is 11.8 Å². The first-order valence-electron chi connectivity index (χ1n) is 15.9. The molecule has 3 heterocycles. The lowest BCUT2D eigenvalue weighted by Gasteiger charge is -2.31. The number of carbonyl (C=O) groups excluding carboxylic acids is 3. The van der Waals surface area contributed by atoms with Crippen molar-refractivity contribution < 1.29 is 19.1 Å². The third-order valence-corrected chi connectivity index (χ3v) is 9.05. The predicted octanol–water partition coefficient (Wildman–Crippen LogP) is 5.03. The van der Waals surface area contributed by atoms with Gasteiger partial charge in [-0.15, -0.1) is 12.4 Å². The van der Waals surface area contributed by atoms with Crippen molar-refractivity contribution in [1.29, 1.82) is 10.5 Å². The second-order valence-electron chi connectivity index (χ2n) is 12.0. The number of hydrogen-bond acceptors (Lipinski definition) is 7. The lowest BCUT2D eigenvalue weighted by atomic mass is 9.97. The van der Waals surface area contributed by atoms with Gasteiger partial charge < -0.3 is 19.9 Å². The quantitative estimate of drug-likeness (QED) is 0.292. The molecule has 2 aliphatic heterocycles. The molecule has 6 rings (SSSR count). The summed E-state index contributed by atoms with van der Waals surface area (Å²) in [5.74, 6) is -1.52. The van der Waals surface area contributed by atoms with Gasteiger partial charge >= 0.3 is 0 Å². The summed E-state index contributed by atoms with van der Waals surface area (Å²) < 4.78 is 7.21. The van der Waals surface area contributed by atoms with E-state index in [1.807, 2.05) is 43.3 Å². The normalized spacial score (nSPS) is 17.0. The minimum absolute atomic E-state index is 0. The first-order chi connectivity index (χ1) is 22.8. The molecule has 1 aromatic heterocycles. The van der Waals surface area contributed by atoms with E-state index in [9.17, 15) is 24.9 Å². The highest BCUT2D eigenvalue weighted by molar-refractivity contribution is 6.09. The lowest BCUT2D eigenvalue weighted by molar-refractivity contribution is -0.130. The number of nitrogens with zero attached hydrogens (tertiary/aromatic N) is 6. The Morgan fingerprint density at radius 1 is 1.00 bits per heavy atom. The standard InChI is InChI=1S/C36H35N7O4.ClH/c1-3-23(2)34(44)39-29-22-42(35(45)25-14-16-47-17-15-25)33-18-24(19-37)12-13-32(33)41(36(29)46)21-28-27-9-5-7-11-31(27)43(40-28)30-10-6-4-8-26(30)20-38;/h4-13,18,23,25,29H,3,14-17,21-22H2,1-2H3,(H,39,44);1H/t23-,29+;/m1./s1. The molecule has 3 aromatic carbocycles. The summed E-state index contributed by atoms with van der Waals surface area (Å²) >= 11 is 0. The molecule has 3 amide bonds. The molecule has 0 saturated carbocycles. The third kappa shape index (κ3) is 6.48. The molecule has 48 heavy (non-hydrogen) atoms. The summed E-state index contributed by atoms with van der Waals surface area (Å²) in [5, 5.41) is 28.3. The highest BCUT2D eigenvalue weighted by atomic mass is 35.5. The lowest BCUT2D eigenvalue weighted by Crippen LogP contribution is -2.54. The van der Waals surface area contributed by atoms with Crippen LogP contribution in [0.3, 0.4) is 0 Å². The van der Waals surface area contributed by atoms with Crippen molar-refractivity contribution in [1.82, 2.24) is 15.1 Å². The molecule has 0 spiro atoms. The van der Waals surface area contributed by atoms with Crippen molar-refractivity contribution >= 4 is 52.4 Å². The van der Waals surface area contributed by atoms with Crippen LogP contribution in [-0.2, 0) is 25.7 Å². The Morgan fingerprint density at radius 2 is 1.73 bits per heavy atom. The molecule has 0 unspecified atom stereocenters. The number of rotatable bonds is 7. The van der Waals surface area contributed by atoms with Crippen molar-refractivity contribution in [3.8, 4) is 17.8 Å². The number of para-hydroxylation sites is 2. The second kappa shape index (κ2) is 14.7. The molecule has 1 N–H and O–H groups in total. The van der Waals surface area contributed by atoms with Crippen molar-refractivity contribution in [2.75, 3.05) is 29.6 Å². The van der Waals surface area contributed by atoms with E-state index < -0.39 is 11.9 Å². The van der Waals surface area contributed by atoms with Crippen LogP contribution >= 0.6 is 12.4 Å². The van der Waals surface area contributed by atoms with Gasteiger partial charge in [0.25, 0.3) is 5.91 Å². The van der Waals surface area contributed by atoms with Crippen LogP contribution in [0.4, 0.5) is 11.4 Å². The number of fused-ring (bicyclic) bond motifs is 2. The van der Waals surface area contributed by atoms with E-state index in [1.54, 1.807) is 51.7 Å². The Hall–Kier alpha value is -5.23. The molecule has 4 aromatic rings. The number of amides is 3. The van der Waals surface area contributed by atoms with Gasteiger partial charge in [0, 0.05) is 30.4 Å². The van der Waals surface area contributed by atoms with Crippen LogP contribution in [0, 0.1) is 34.5 Å². The van der Waals surface area contributed by atoms with Gasteiger partial charge in [-0.2, -0.15) is 15.6 Å². The van der Waals surface area contributed by atoms with Gasteiger partial charge in [0.15, 0.2) is 0 Å². The number of aromatic nitrogens is 2. The summed E-state index contributed by atoms with van der Waals surface area (Å²) in [6.45, 7) is 4.54. The van der Waals surface area contributed by atoms with Gasteiger partial charge in [-0.05, 0) is 55.7 Å². The van der Waals surface area contributed by atoms with E-state index in [4.69, 9.17) is 9.84 Å². The largest absolute Gasteiger partial charge is 0.381 e. The van der Waals surface area contributed by atoms with Crippen molar-refractivity contribution in [3.63, 3.8) is 0 Å². The highest BCUT2D eigenvalue weighted by Gasteiger charge is 2.40. The van der Waals surface area contributed by atoms with Gasteiger partial charge in [0.05, 0.1) is 58.6 Å². The van der Waals surface area contributed by atoms with Gasteiger partial charge in [0.1, 0.15) is 12.1 Å². The number of hydrogen-bond donors (Lipinski definition) is 1. The Balaban J connectivity index is 0.00000451. The number of carbonyl (C=O) groups is 3. The molecular formula is C36H36ClN7O4. The second-order valence-corrected chi connectivity index (χ2v) is 12.0. The van der Waals surface area contributed by atoms with Crippen LogP contribution in [0.5, 0.6) is 0 Å². The Kier molecular flexibility index (Phi) is 10.4. The molecule has 0 radical (unpaired) electrons.